The van der Waals surface area contributed by atoms with Crippen molar-refractivity contribution in [3.8, 4) is 0 Å². The van der Waals surface area contributed by atoms with Crippen LogP contribution in [-0.2, 0) is 28.6 Å². The molecular weight excluding hydrogens is 901 g/mol. The van der Waals surface area contributed by atoms with E-state index in [0.717, 1.165) is 96.3 Å². The van der Waals surface area contributed by atoms with Crippen molar-refractivity contribution in [1.82, 2.24) is 0 Å². The lowest BCUT2D eigenvalue weighted by molar-refractivity contribution is -0.166. The molecule has 73 heavy (non-hydrogen) atoms. The van der Waals surface area contributed by atoms with Gasteiger partial charge in [0.05, 0.1) is 0 Å². The van der Waals surface area contributed by atoms with Gasteiger partial charge in [0, 0.05) is 19.3 Å². The van der Waals surface area contributed by atoms with Crippen LogP contribution >= 0.6 is 0 Å². The van der Waals surface area contributed by atoms with Gasteiger partial charge in [-0.1, -0.05) is 230 Å². The highest BCUT2D eigenvalue weighted by Gasteiger charge is 2.19. The first-order chi connectivity index (χ1) is 36.0. The number of hydrogen-bond donors (Lipinski definition) is 0. The first-order valence-corrected chi connectivity index (χ1v) is 29.0. The molecule has 0 rings (SSSR count). The Kier molecular flexibility index (Phi) is 55.5. The highest BCUT2D eigenvalue weighted by Crippen LogP contribution is 2.10. The van der Waals surface area contributed by atoms with Gasteiger partial charge in [0.1, 0.15) is 13.2 Å². The minimum atomic E-state index is -0.866. The number of hydrogen-bond acceptors (Lipinski definition) is 6. The minimum absolute atomic E-state index is 0.150. The van der Waals surface area contributed by atoms with E-state index in [-0.39, 0.29) is 38.0 Å². The van der Waals surface area contributed by atoms with E-state index in [2.05, 4.69) is 154 Å². The van der Waals surface area contributed by atoms with Crippen LogP contribution in [0.15, 0.2) is 158 Å². The minimum Gasteiger partial charge on any atom is -0.462 e. The van der Waals surface area contributed by atoms with Crippen LogP contribution in [0.25, 0.3) is 0 Å². The third-order valence-electron chi connectivity index (χ3n) is 11.5. The Bertz CT molecular complexity index is 1670. The predicted molar refractivity (Wildman–Crippen MR) is 315 cm³/mol. The van der Waals surface area contributed by atoms with Gasteiger partial charge < -0.3 is 14.2 Å². The van der Waals surface area contributed by atoms with Crippen molar-refractivity contribution in [3.05, 3.63) is 158 Å². The van der Waals surface area contributed by atoms with E-state index in [9.17, 15) is 14.4 Å². The Morgan fingerprint density at radius 2 is 0.521 bits per heavy atom. The number of rotatable bonds is 50. The molecule has 0 aromatic carbocycles. The summed E-state index contributed by atoms with van der Waals surface area (Å²) in [6.45, 7) is 6.39. The average molecular weight is 1010 g/mol. The third kappa shape index (κ3) is 57.8. The smallest absolute Gasteiger partial charge is 0.306 e. The molecule has 0 bridgehead atoms. The van der Waals surface area contributed by atoms with E-state index in [1.807, 2.05) is 24.3 Å². The number of unbranched alkanes of at least 4 members (excludes halogenated alkanes) is 13. The van der Waals surface area contributed by atoms with Gasteiger partial charge in [-0.05, 0) is 135 Å². The number of ether oxygens (including phenoxy) is 3. The molecule has 6 nitrogen and oxygen atoms in total. The molecule has 0 aliphatic carbocycles. The van der Waals surface area contributed by atoms with Crippen LogP contribution in [0.2, 0.25) is 0 Å². The summed E-state index contributed by atoms with van der Waals surface area (Å²) in [5, 5.41) is 0. The number of carbonyl (C=O) groups excluding carboxylic acids is 3. The van der Waals surface area contributed by atoms with E-state index in [1.54, 1.807) is 0 Å². The lowest BCUT2D eigenvalue weighted by atomic mass is 10.1. The molecule has 0 aliphatic rings. The van der Waals surface area contributed by atoms with E-state index < -0.39 is 12.1 Å². The zero-order valence-corrected chi connectivity index (χ0v) is 46.6. The maximum atomic E-state index is 12.8. The van der Waals surface area contributed by atoms with Gasteiger partial charge in [0.15, 0.2) is 6.10 Å². The fraction of sp³-hybridized carbons (Fsp3) is 0.567. The maximum absolute atomic E-state index is 12.8. The van der Waals surface area contributed by atoms with Crippen molar-refractivity contribution in [2.24, 2.45) is 0 Å². The zero-order chi connectivity index (χ0) is 52.9. The standard InChI is InChI=1S/C67H104O6/c1-4-7-10-13-16-19-22-25-28-31-33-36-39-42-45-48-51-54-57-60-66(69)72-63-64(62-71-65(68)59-56-53-50-47-44-41-38-35-30-27-24-21-18-15-12-9-6-3)73-67(70)61-58-55-52-49-46-43-40-37-34-32-29-26-23-20-17-14-11-8-5-2/h16-21,25-30,33-34,36-38,41-43,45-46,51-52,54-55,64H,4-15,22-24,31-32,35,39-40,44,47-50,53,56-63H2,1-3H3/b19-16-,20-17-,21-18-,28-25-,29-26-,30-27-,36-33-,37-34-,41-38-,45-42-,46-43-,54-51-,55-52-/t64-/m0/s1. The monoisotopic (exact) mass is 1000 g/mol. The van der Waals surface area contributed by atoms with Crippen LogP contribution in [-0.4, -0.2) is 37.2 Å². The van der Waals surface area contributed by atoms with E-state index in [1.165, 1.54) is 77.0 Å². The van der Waals surface area contributed by atoms with Crippen molar-refractivity contribution in [1.29, 1.82) is 0 Å². The number of esters is 3. The molecule has 0 saturated heterocycles. The van der Waals surface area contributed by atoms with Crippen molar-refractivity contribution in [2.45, 2.75) is 232 Å². The second-order valence-electron chi connectivity index (χ2n) is 18.5. The molecule has 408 valence electrons. The summed E-state index contributed by atoms with van der Waals surface area (Å²) < 4.78 is 16.7. The third-order valence-corrected chi connectivity index (χ3v) is 11.5. The molecule has 0 unspecified atom stereocenters. The predicted octanol–water partition coefficient (Wildman–Crippen LogP) is 19.8. The van der Waals surface area contributed by atoms with Gasteiger partial charge >= 0.3 is 17.9 Å². The second-order valence-corrected chi connectivity index (χ2v) is 18.5. The van der Waals surface area contributed by atoms with Crippen molar-refractivity contribution in [3.63, 3.8) is 0 Å². The van der Waals surface area contributed by atoms with E-state index >= 15 is 0 Å². The van der Waals surface area contributed by atoms with Crippen molar-refractivity contribution in [2.75, 3.05) is 13.2 Å². The summed E-state index contributed by atoms with van der Waals surface area (Å²) >= 11 is 0. The summed E-state index contributed by atoms with van der Waals surface area (Å²) in [5.41, 5.74) is 0. The van der Waals surface area contributed by atoms with Gasteiger partial charge in [0.25, 0.3) is 0 Å². The SMILES string of the molecule is CCCCC/C=C\C/C=C\C/C=C\C/C=C\C/C=C\CCC(=O)OC[C@H](COC(=O)CCCCCC/C=C\C/C=C\C/C=C\CCCCC)OC(=O)CC/C=C\C/C=C\C/C=C\C/C=C\C/C=C\CCCCC. The molecule has 0 N–H and O–H groups in total. The molecular formula is C67H104O6. The highest BCUT2D eigenvalue weighted by molar-refractivity contribution is 5.71. The van der Waals surface area contributed by atoms with Crippen LogP contribution in [0.3, 0.4) is 0 Å². The lowest BCUT2D eigenvalue weighted by Crippen LogP contribution is -2.30. The lowest BCUT2D eigenvalue weighted by Gasteiger charge is -2.18. The molecule has 0 saturated carbocycles. The van der Waals surface area contributed by atoms with Crippen LogP contribution < -0.4 is 0 Å². The molecule has 0 aromatic heterocycles. The first kappa shape index (κ1) is 68.0. The topological polar surface area (TPSA) is 78.9 Å². The largest absolute Gasteiger partial charge is 0.462 e. The van der Waals surface area contributed by atoms with Crippen LogP contribution in [0.4, 0.5) is 0 Å². The molecule has 0 amide bonds. The summed E-state index contributed by atoms with van der Waals surface area (Å²) in [4.78, 5) is 38.1. The summed E-state index contributed by atoms with van der Waals surface area (Å²) in [6.07, 6.45) is 86.8. The maximum Gasteiger partial charge on any atom is 0.306 e. The summed E-state index contributed by atoms with van der Waals surface area (Å²) in [6, 6.07) is 0. The van der Waals surface area contributed by atoms with Crippen LogP contribution in [0.1, 0.15) is 226 Å². The number of allylic oxidation sites excluding steroid dienone is 26. The van der Waals surface area contributed by atoms with E-state index in [0.29, 0.717) is 19.3 Å². The van der Waals surface area contributed by atoms with Gasteiger partial charge in [-0.2, -0.15) is 0 Å². The van der Waals surface area contributed by atoms with E-state index in [4.69, 9.17) is 14.2 Å². The van der Waals surface area contributed by atoms with Gasteiger partial charge in [-0.15, -0.1) is 0 Å². The average Bonchev–Trinajstić information content (AvgIpc) is 3.39. The number of carbonyl (C=O) groups is 3. The fourth-order valence-corrected chi connectivity index (χ4v) is 7.12. The molecule has 0 aromatic rings. The molecule has 0 aliphatic heterocycles. The Balaban J connectivity index is 4.69. The Morgan fingerprint density at radius 3 is 0.836 bits per heavy atom. The van der Waals surface area contributed by atoms with Crippen molar-refractivity contribution >= 4 is 17.9 Å². The van der Waals surface area contributed by atoms with Gasteiger partial charge in [-0.3, -0.25) is 14.4 Å². The normalized spacial score (nSPS) is 13.3. The van der Waals surface area contributed by atoms with Crippen LogP contribution in [0.5, 0.6) is 0 Å². The quantitative estimate of drug-likeness (QED) is 0.0261. The summed E-state index contributed by atoms with van der Waals surface area (Å²) in [7, 11) is 0. The van der Waals surface area contributed by atoms with Crippen LogP contribution in [0, 0.1) is 0 Å². The molecule has 1 atom stereocenters. The Labute approximate surface area is 448 Å². The fourth-order valence-electron chi connectivity index (χ4n) is 7.12. The first-order valence-electron chi connectivity index (χ1n) is 29.0. The zero-order valence-electron chi connectivity index (χ0n) is 46.6. The Hall–Kier alpha value is -4.97. The highest BCUT2D eigenvalue weighted by atomic mass is 16.6. The van der Waals surface area contributed by atoms with Gasteiger partial charge in [0.2, 0.25) is 0 Å². The van der Waals surface area contributed by atoms with Crippen molar-refractivity contribution < 1.29 is 28.6 Å². The second kappa shape index (κ2) is 59.6. The Morgan fingerprint density at radius 1 is 0.274 bits per heavy atom. The summed E-state index contributed by atoms with van der Waals surface area (Å²) in [5.74, 6) is -1.15. The molecule has 0 radical (unpaired) electrons. The molecule has 0 fully saturated rings. The molecule has 6 heteroatoms. The molecule has 0 heterocycles. The molecule has 0 spiro atoms. The van der Waals surface area contributed by atoms with Gasteiger partial charge in [-0.25, -0.2) is 0 Å².